The number of aromatic nitrogens is 3. The largest absolute Gasteiger partial charge is 0.485 e. The van der Waals surface area contributed by atoms with Gasteiger partial charge >= 0.3 is 0 Å². The first-order valence-corrected chi connectivity index (χ1v) is 13.7. The lowest BCUT2D eigenvalue weighted by Gasteiger charge is -2.30. The SMILES string of the molecule is CC(C)C(=O)NC1CCC(n2cc(-c3ccc4c(c3)OC(c3ccccc3)CC4)c3c(N)ncnc32)CC1. The van der Waals surface area contributed by atoms with Gasteiger partial charge in [-0.05, 0) is 61.3 Å². The number of nitrogens with zero attached hydrogens (tertiary/aromatic N) is 3. The molecule has 1 fully saturated rings. The summed E-state index contributed by atoms with van der Waals surface area (Å²) in [5.74, 6) is 1.56. The standard InChI is InChI=1S/C31H35N5O2/c1-19(2)31(37)35-23-11-13-24(14-12-23)36-17-25(28-29(32)33-18-34-30(28)36)22-9-8-21-10-15-26(38-27(21)16-22)20-6-4-3-5-7-20/h3-9,16-19,23-24,26H,10-15H2,1-2H3,(H,35,37)(H2,32,33,34). The van der Waals surface area contributed by atoms with Gasteiger partial charge in [0.2, 0.25) is 5.91 Å². The maximum absolute atomic E-state index is 12.2. The highest BCUT2D eigenvalue weighted by molar-refractivity contribution is 6.00. The van der Waals surface area contributed by atoms with Gasteiger partial charge in [0.15, 0.2) is 0 Å². The monoisotopic (exact) mass is 509 g/mol. The first-order valence-electron chi connectivity index (χ1n) is 13.7. The molecule has 1 atom stereocenters. The predicted molar refractivity (Wildman–Crippen MR) is 150 cm³/mol. The van der Waals surface area contributed by atoms with Crippen molar-refractivity contribution in [3.8, 4) is 16.9 Å². The molecule has 1 aliphatic heterocycles. The molecule has 3 N–H and O–H groups in total. The Bertz CT molecular complexity index is 1450. The van der Waals surface area contributed by atoms with Crippen molar-refractivity contribution in [3.05, 3.63) is 72.2 Å². The minimum absolute atomic E-state index is 0.00641. The molecule has 0 spiro atoms. The van der Waals surface area contributed by atoms with Gasteiger partial charge < -0.3 is 20.4 Å². The number of benzene rings is 2. The Kier molecular flexibility index (Phi) is 6.52. The van der Waals surface area contributed by atoms with E-state index < -0.39 is 0 Å². The minimum atomic E-state index is 0.00641. The molecule has 2 aliphatic rings. The van der Waals surface area contributed by atoms with Crippen molar-refractivity contribution in [2.45, 2.75) is 70.6 Å². The number of amides is 1. The molecular formula is C31H35N5O2. The van der Waals surface area contributed by atoms with Gasteiger partial charge in [-0.1, -0.05) is 56.3 Å². The molecule has 38 heavy (non-hydrogen) atoms. The van der Waals surface area contributed by atoms with Gasteiger partial charge in [0.05, 0.1) is 5.39 Å². The van der Waals surface area contributed by atoms with E-state index in [2.05, 4.69) is 68.5 Å². The summed E-state index contributed by atoms with van der Waals surface area (Å²) in [4.78, 5) is 21.2. The zero-order chi connectivity index (χ0) is 26.2. The summed E-state index contributed by atoms with van der Waals surface area (Å²) < 4.78 is 8.78. The molecule has 1 unspecified atom stereocenters. The van der Waals surface area contributed by atoms with E-state index in [1.807, 2.05) is 19.9 Å². The third kappa shape index (κ3) is 4.62. The van der Waals surface area contributed by atoms with E-state index in [4.69, 9.17) is 10.5 Å². The average Bonchev–Trinajstić information content (AvgIpc) is 3.34. The van der Waals surface area contributed by atoms with Crippen LogP contribution in [0.2, 0.25) is 0 Å². The summed E-state index contributed by atoms with van der Waals surface area (Å²) >= 11 is 0. The third-order valence-electron chi connectivity index (χ3n) is 8.09. The second kappa shape index (κ2) is 10.1. The lowest BCUT2D eigenvalue weighted by molar-refractivity contribution is -0.124. The number of ether oxygens (including phenoxy) is 1. The van der Waals surface area contributed by atoms with Gasteiger partial charge in [0, 0.05) is 29.8 Å². The van der Waals surface area contributed by atoms with Crippen LogP contribution in [0.1, 0.15) is 69.2 Å². The van der Waals surface area contributed by atoms with Crippen molar-refractivity contribution in [2.75, 3.05) is 5.73 Å². The average molecular weight is 510 g/mol. The van der Waals surface area contributed by atoms with Gasteiger partial charge in [0.1, 0.15) is 29.6 Å². The van der Waals surface area contributed by atoms with Crippen LogP contribution in [-0.4, -0.2) is 26.5 Å². The fourth-order valence-corrected chi connectivity index (χ4v) is 5.91. The third-order valence-corrected chi connectivity index (χ3v) is 8.09. The molecule has 6 rings (SSSR count). The van der Waals surface area contributed by atoms with Crippen LogP contribution in [0.3, 0.4) is 0 Å². The summed E-state index contributed by atoms with van der Waals surface area (Å²) in [7, 11) is 0. The normalized spacial score (nSPS) is 21.2. The molecule has 1 amide bonds. The van der Waals surface area contributed by atoms with Crippen molar-refractivity contribution in [1.82, 2.24) is 19.9 Å². The van der Waals surface area contributed by atoms with E-state index in [1.165, 1.54) is 11.1 Å². The number of anilines is 1. The number of carbonyl (C=O) groups is 1. The summed E-state index contributed by atoms with van der Waals surface area (Å²) in [5, 5.41) is 4.09. The van der Waals surface area contributed by atoms with E-state index >= 15 is 0 Å². The quantitative estimate of drug-likeness (QED) is 0.344. The molecule has 2 aromatic heterocycles. The zero-order valence-electron chi connectivity index (χ0n) is 22.1. The summed E-state index contributed by atoms with van der Waals surface area (Å²) in [6.45, 7) is 3.87. The Balaban J connectivity index is 1.30. The molecule has 1 saturated carbocycles. The Morgan fingerprint density at radius 3 is 2.61 bits per heavy atom. The number of nitrogens with one attached hydrogen (secondary N) is 1. The molecule has 1 aliphatic carbocycles. The topological polar surface area (TPSA) is 95.1 Å². The van der Waals surface area contributed by atoms with Crippen LogP contribution < -0.4 is 15.8 Å². The molecular weight excluding hydrogens is 474 g/mol. The number of aryl methyl sites for hydroxylation is 1. The fourth-order valence-electron chi connectivity index (χ4n) is 5.91. The van der Waals surface area contributed by atoms with Gasteiger partial charge in [-0.15, -0.1) is 0 Å². The van der Waals surface area contributed by atoms with Gasteiger partial charge in [0.25, 0.3) is 0 Å². The van der Waals surface area contributed by atoms with Crippen LogP contribution in [0.4, 0.5) is 5.82 Å². The van der Waals surface area contributed by atoms with Crippen LogP contribution in [-0.2, 0) is 11.2 Å². The fraction of sp³-hybridized carbons (Fsp3) is 0.387. The zero-order valence-corrected chi connectivity index (χ0v) is 22.1. The number of fused-ring (bicyclic) bond motifs is 2. The number of hydrogen-bond acceptors (Lipinski definition) is 5. The Labute approximate surface area is 223 Å². The number of nitrogen functional groups attached to an aromatic ring is 1. The van der Waals surface area contributed by atoms with Crippen molar-refractivity contribution >= 4 is 22.8 Å². The summed E-state index contributed by atoms with van der Waals surface area (Å²) in [5.41, 5.74) is 11.8. The Morgan fingerprint density at radius 2 is 1.84 bits per heavy atom. The highest BCUT2D eigenvalue weighted by Crippen LogP contribution is 2.42. The van der Waals surface area contributed by atoms with Crippen molar-refractivity contribution in [2.24, 2.45) is 5.92 Å². The first-order chi connectivity index (χ1) is 18.5. The van der Waals surface area contributed by atoms with E-state index in [0.29, 0.717) is 11.9 Å². The molecule has 4 aromatic rings. The molecule has 7 nitrogen and oxygen atoms in total. The van der Waals surface area contributed by atoms with Crippen molar-refractivity contribution in [3.63, 3.8) is 0 Å². The van der Waals surface area contributed by atoms with Gasteiger partial charge in [-0.25, -0.2) is 9.97 Å². The molecule has 3 heterocycles. The lowest BCUT2D eigenvalue weighted by Crippen LogP contribution is -2.39. The van der Waals surface area contributed by atoms with Crippen LogP contribution in [0.25, 0.3) is 22.2 Å². The summed E-state index contributed by atoms with van der Waals surface area (Å²) in [6.07, 6.45) is 9.60. The maximum atomic E-state index is 12.2. The first kappa shape index (κ1) is 24.5. The van der Waals surface area contributed by atoms with E-state index in [9.17, 15) is 4.79 Å². The number of rotatable bonds is 5. The lowest BCUT2D eigenvalue weighted by atomic mass is 9.90. The molecule has 0 radical (unpaired) electrons. The molecule has 0 bridgehead atoms. The van der Waals surface area contributed by atoms with E-state index in [-0.39, 0.29) is 24.0 Å². The Hall–Kier alpha value is -3.87. The molecule has 2 aromatic carbocycles. The molecule has 0 saturated heterocycles. The highest BCUT2D eigenvalue weighted by atomic mass is 16.5. The van der Waals surface area contributed by atoms with Crippen LogP contribution >= 0.6 is 0 Å². The Morgan fingerprint density at radius 1 is 1.05 bits per heavy atom. The van der Waals surface area contributed by atoms with Gasteiger partial charge in [-0.3, -0.25) is 4.79 Å². The smallest absolute Gasteiger partial charge is 0.222 e. The second-order valence-electron chi connectivity index (χ2n) is 11.0. The maximum Gasteiger partial charge on any atom is 0.222 e. The number of nitrogens with two attached hydrogens (primary N) is 1. The van der Waals surface area contributed by atoms with E-state index in [1.54, 1.807) is 6.33 Å². The van der Waals surface area contributed by atoms with Crippen molar-refractivity contribution in [1.29, 1.82) is 0 Å². The molecule has 196 valence electrons. The summed E-state index contributed by atoms with van der Waals surface area (Å²) in [6, 6.07) is 17.4. The minimum Gasteiger partial charge on any atom is -0.485 e. The van der Waals surface area contributed by atoms with E-state index in [0.717, 1.165) is 66.4 Å². The predicted octanol–water partition coefficient (Wildman–Crippen LogP) is 6.00. The van der Waals surface area contributed by atoms with Crippen LogP contribution in [0, 0.1) is 5.92 Å². The number of carbonyl (C=O) groups excluding carboxylic acids is 1. The van der Waals surface area contributed by atoms with Crippen molar-refractivity contribution < 1.29 is 9.53 Å². The van der Waals surface area contributed by atoms with Crippen LogP contribution in [0.5, 0.6) is 5.75 Å². The number of hydrogen-bond donors (Lipinski definition) is 2. The highest BCUT2D eigenvalue weighted by Gasteiger charge is 2.28. The van der Waals surface area contributed by atoms with Gasteiger partial charge in [-0.2, -0.15) is 0 Å². The molecule has 7 heteroatoms. The van der Waals surface area contributed by atoms with Crippen LogP contribution in [0.15, 0.2) is 61.1 Å². The second-order valence-corrected chi connectivity index (χ2v) is 11.0.